The number of hydrogen-bond donors (Lipinski definition) is 0. The molecule has 0 aliphatic rings. The molecule has 0 aromatic heterocycles. The van der Waals surface area contributed by atoms with Crippen LogP contribution in [0.25, 0.3) is 0 Å². The Bertz CT molecular complexity index is 580. The highest BCUT2D eigenvalue weighted by molar-refractivity contribution is 7.85. The first kappa shape index (κ1) is 26.4. The number of quaternary nitrogens is 1. The minimum absolute atomic E-state index is 0.262. The van der Waals surface area contributed by atoms with Gasteiger partial charge in [0.25, 0.3) is 0 Å². The van der Waals surface area contributed by atoms with Gasteiger partial charge in [-0.2, -0.15) is 0 Å². The molecule has 0 atom stereocenters. The minimum Gasteiger partial charge on any atom is -0.744 e. The van der Waals surface area contributed by atoms with Crippen LogP contribution >= 0.6 is 11.6 Å². The van der Waals surface area contributed by atoms with Crippen molar-refractivity contribution in [3.05, 3.63) is 29.3 Å². The van der Waals surface area contributed by atoms with Gasteiger partial charge in [0.15, 0.2) is 0 Å². The van der Waals surface area contributed by atoms with Crippen molar-refractivity contribution in [2.24, 2.45) is 0 Å². The van der Waals surface area contributed by atoms with Crippen LogP contribution in [0, 0.1) is 0 Å². The van der Waals surface area contributed by atoms with E-state index in [1.54, 1.807) is 0 Å². The van der Waals surface area contributed by atoms with Crippen molar-refractivity contribution in [1.82, 2.24) is 0 Å². The monoisotopic (exact) mass is 419 g/mol. The number of halogens is 1. The second-order valence-electron chi connectivity index (χ2n) is 8.10. The molecule has 0 aliphatic heterocycles. The molecule has 1 aromatic rings. The summed E-state index contributed by atoms with van der Waals surface area (Å²) >= 11 is 5.46. The number of nitrogens with zero attached hydrogens (tertiary/aromatic N) is 1. The quantitative estimate of drug-likeness (QED) is 0.242. The molecule has 6 heteroatoms. The van der Waals surface area contributed by atoms with E-state index in [0.29, 0.717) is 5.02 Å². The van der Waals surface area contributed by atoms with Crippen LogP contribution in [0.15, 0.2) is 29.2 Å². The molecule has 4 nitrogen and oxygen atoms in total. The zero-order valence-electron chi connectivity index (χ0n) is 17.5. The fraction of sp³-hybridized carbons (Fsp3) is 0.714. The Morgan fingerprint density at radius 3 is 1.59 bits per heavy atom. The molecule has 0 saturated carbocycles. The fourth-order valence-corrected chi connectivity index (χ4v) is 3.27. The first-order chi connectivity index (χ1) is 12.6. The second-order valence-corrected chi connectivity index (χ2v) is 9.92. The van der Waals surface area contributed by atoms with Gasteiger partial charge in [-0.15, -0.1) is 0 Å². The molecular weight excluding hydrogens is 382 g/mol. The van der Waals surface area contributed by atoms with Gasteiger partial charge in [-0.3, -0.25) is 0 Å². The Hall–Kier alpha value is -0.620. The van der Waals surface area contributed by atoms with Crippen molar-refractivity contribution in [1.29, 1.82) is 0 Å². The molecule has 0 aliphatic carbocycles. The molecule has 0 amide bonds. The van der Waals surface area contributed by atoms with Crippen LogP contribution in [0.3, 0.4) is 0 Å². The first-order valence-corrected chi connectivity index (χ1v) is 11.9. The number of hydrogen-bond acceptors (Lipinski definition) is 3. The summed E-state index contributed by atoms with van der Waals surface area (Å²) in [6, 6.07) is 5.05. The van der Waals surface area contributed by atoms with Gasteiger partial charge in [0, 0.05) is 5.02 Å². The zero-order valence-corrected chi connectivity index (χ0v) is 19.1. The summed E-state index contributed by atoms with van der Waals surface area (Å²) in [7, 11) is 2.53. The lowest BCUT2D eigenvalue weighted by molar-refractivity contribution is -0.870. The van der Waals surface area contributed by atoms with Crippen LogP contribution in [0.2, 0.25) is 5.02 Å². The van der Waals surface area contributed by atoms with E-state index in [0.717, 1.165) is 4.48 Å². The molecule has 0 saturated heterocycles. The summed E-state index contributed by atoms with van der Waals surface area (Å²) in [5.41, 5.74) is 0. The Morgan fingerprint density at radius 1 is 0.815 bits per heavy atom. The maximum Gasteiger partial charge on any atom is 0.124 e. The summed E-state index contributed by atoms with van der Waals surface area (Å²) in [6.45, 7) is 3.62. The van der Waals surface area contributed by atoms with Crippen molar-refractivity contribution in [2.45, 2.75) is 76.0 Å². The van der Waals surface area contributed by atoms with E-state index in [1.807, 2.05) is 0 Å². The predicted octanol–water partition coefficient (Wildman–Crippen LogP) is 5.86. The van der Waals surface area contributed by atoms with Gasteiger partial charge in [-0.05, 0) is 37.1 Å². The van der Waals surface area contributed by atoms with Crippen molar-refractivity contribution in [3.63, 3.8) is 0 Å². The second kappa shape index (κ2) is 14.4. The third-order valence-electron chi connectivity index (χ3n) is 4.28. The standard InChI is InChI=1S/C15H34N.C6H5ClO3S/c1-5-6-7-8-9-10-11-12-13-14-15-16(2,3)4;7-5-1-3-6(4-2-5)11(8,9)10/h5-15H2,1-4H3;1-4H,(H,8,9,10)/q+1;/p-1. The SMILES string of the molecule is CCCCCCCCCCCC[N+](C)(C)C.O=S(=O)([O-])c1ccc(Cl)cc1. The number of unbranched alkanes of at least 4 members (excludes halogenated alkanes) is 9. The molecule has 1 rings (SSSR count). The van der Waals surface area contributed by atoms with Gasteiger partial charge in [0.05, 0.1) is 32.6 Å². The predicted molar refractivity (Wildman–Crippen MR) is 114 cm³/mol. The summed E-state index contributed by atoms with van der Waals surface area (Å²) < 4.78 is 32.2. The minimum atomic E-state index is -4.33. The fourth-order valence-electron chi connectivity index (χ4n) is 2.67. The highest BCUT2D eigenvalue weighted by Crippen LogP contribution is 2.13. The average Bonchev–Trinajstić information content (AvgIpc) is 2.56. The van der Waals surface area contributed by atoms with Crippen molar-refractivity contribution in [2.75, 3.05) is 27.7 Å². The van der Waals surface area contributed by atoms with E-state index in [1.165, 1.54) is 95.0 Å². The van der Waals surface area contributed by atoms with E-state index in [2.05, 4.69) is 28.1 Å². The summed E-state index contributed by atoms with van der Waals surface area (Å²) in [5, 5.41) is 0.400. The molecule has 0 radical (unpaired) electrons. The van der Waals surface area contributed by atoms with Crippen molar-refractivity contribution in [3.8, 4) is 0 Å². The van der Waals surface area contributed by atoms with Gasteiger partial charge >= 0.3 is 0 Å². The largest absolute Gasteiger partial charge is 0.744 e. The third-order valence-corrected chi connectivity index (χ3v) is 5.39. The number of benzene rings is 1. The molecule has 0 heterocycles. The Morgan fingerprint density at radius 2 is 1.22 bits per heavy atom. The smallest absolute Gasteiger partial charge is 0.124 e. The Balaban J connectivity index is 0.000000533. The lowest BCUT2D eigenvalue weighted by Gasteiger charge is -2.23. The first-order valence-electron chi connectivity index (χ1n) is 10.1. The molecule has 0 N–H and O–H groups in total. The summed E-state index contributed by atoms with van der Waals surface area (Å²) in [6.07, 6.45) is 14.4. The van der Waals surface area contributed by atoms with Gasteiger partial charge < -0.3 is 9.04 Å². The lowest BCUT2D eigenvalue weighted by Crippen LogP contribution is -2.35. The van der Waals surface area contributed by atoms with Crippen LogP contribution in [-0.4, -0.2) is 45.1 Å². The van der Waals surface area contributed by atoms with E-state index < -0.39 is 10.1 Å². The lowest BCUT2D eigenvalue weighted by atomic mass is 10.1. The van der Waals surface area contributed by atoms with Crippen LogP contribution in [0.1, 0.15) is 71.1 Å². The Labute approximate surface area is 172 Å². The molecule has 0 unspecified atom stereocenters. The molecule has 0 bridgehead atoms. The topological polar surface area (TPSA) is 57.2 Å². The highest BCUT2D eigenvalue weighted by Gasteiger charge is 2.04. The van der Waals surface area contributed by atoms with E-state index in [4.69, 9.17) is 11.6 Å². The van der Waals surface area contributed by atoms with Crippen LogP contribution in [-0.2, 0) is 10.1 Å². The number of rotatable bonds is 12. The van der Waals surface area contributed by atoms with Crippen LogP contribution in [0.5, 0.6) is 0 Å². The molecule has 0 spiro atoms. The molecule has 158 valence electrons. The normalized spacial score (nSPS) is 11.8. The van der Waals surface area contributed by atoms with Crippen molar-refractivity contribution >= 4 is 21.7 Å². The van der Waals surface area contributed by atoms with Gasteiger partial charge in [0.2, 0.25) is 0 Å². The van der Waals surface area contributed by atoms with E-state index in [-0.39, 0.29) is 4.90 Å². The molecule has 27 heavy (non-hydrogen) atoms. The van der Waals surface area contributed by atoms with Crippen LogP contribution in [0.4, 0.5) is 0 Å². The molecule has 1 aromatic carbocycles. The zero-order chi connectivity index (χ0) is 20.8. The Kier molecular flexibility index (Phi) is 14.1. The summed E-state index contributed by atoms with van der Waals surface area (Å²) in [4.78, 5) is -0.262. The van der Waals surface area contributed by atoms with Gasteiger partial charge in [-0.1, -0.05) is 69.9 Å². The third kappa shape index (κ3) is 17.2. The molecule has 0 fully saturated rings. The maximum atomic E-state index is 10.3. The van der Waals surface area contributed by atoms with Gasteiger partial charge in [-0.25, -0.2) is 8.42 Å². The maximum absolute atomic E-state index is 10.3. The average molecular weight is 420 g/mol. The van der Waals surface area contributed by atoms with Crippen LogP contribution < -0.4 is 0 Å². The van der Waals surface area contributed by atoms with Crippen molar-refractivity contribution < 1.29 is 17.5 Å². The summed E-state index contributed by atoms with van der Waals surface area (Å²) in [5.74, 6) is 0. The molecular formula is C21H38ClNO3S. The highest BCUT2D eigenvalue weighted by atomic mass is 35.5. The van der Waals surface area contributed by atoms with E-state index in [9.17, 15) is 13.0 Å². The van der Waals surface area contributed by atoms with Gasteiger partial charge in [0.1, 0.15) is 10.1 Å². The van der Waals surface area contributed by atoms with E-state index >= 15 is 0 Å².